The van der Waals surface area contributed by atoms with E-state index in [9.17, 15) is 19.2 Å². The third-order valence-corrected chi connectivity index (χ3v) is 6.44. The average Bonchev–Trinajstić information content (AvgIpc) is 3.47. The van der Waals surface area contributed by atoms with Crippen molar-refractivity contribution in [1.29, 1.82) is 0 Å². The molecule has 3 rings (SSSR count). The van der Waals surface area contributed by atoms with Gasteiger partial charge in [-0.05, 0) is 44.7 Å². The maximum absolute atomic E-state index is 13.8. The first kappa shape index (κ1) is 24.7. The molecule has 2 N–H and O–H groups in total. The molecule has 0 aromatic heterocycles. The maximum Gasteiger partial charge on any atom is 0.332 e. The minimum Gasteiger partial charge on any atom is -0.467 e. The van der Waals surface area contributed by atoms with E-state index in [1.807, 2.05) is 30.3 Å². The third kappa shape index (κ3) is 5.52. The maximum atomic E-state index is 13.8. The summed E-state index contributed by atoms with van der Waals surface area (Å²) >= 11 is 0. The molecule has 0 saturated carbocycles. The highest BCUT2D eigenvalue weighted by Gasteiger charge is 2.52. The molecule has 2 saturated heterocycles. The Labute approximate surface area is 194 Å². The number of benzene rings is 1. The number of likely N-dealkylation sites (tertiary alicyclic amines) is 1. The molecule has 9 nitrogen and oxygen atoms in total. The van der Waals surface area contributed by atoms with Gasteiger partial charge in [0.25, 0.3) is 0 Å². The van der Waals surface area contributed by atoms with Gasteiger partial charge in [-0.1, -0.05) is 30.3 Å². The molecule has 1 aromatic rings. The molecule has 2 amide bonds. The number of nitrogens with zero attached hydrogens (tertiary/aromatic N) is 1. The predicted octanol–water partition coefficient (Wildman–Crippen LogP) is 0.952. The largest absolute Gasteiger partial charge is 0.467 e. The van der Waals surface area contributed by atoms with Gasteiger partial charge in [-0.2, -0.15) is 0 Å². The van der Waals surface area contributed by atoms with Gasteiger partial charge in [-0.25, -0.2) is 4.79 Å². The van der Waals surface area contributed by atoms with Gasteiger partial charge in [0.15, 0.2) is 6.04 Å². The molecular weight excluding hydrogens is 426 g/mol. The molecule has 9 heteroatoms. The number of carbonyl (C=O) groups excluding carboxylic acids is 4. The summed E-state index contributed by atoms with van der Waals surface area (Å²) < 4.78 is 10.0. The monoisotopic (exact) mass is 459 g/mol. The van der Waals surface area contributed by atoms with Crippen molar-refractivity contribution in [1.82, 2.24) is 15.5 Å². The van der Waals surface area contributed by atoms with Gasteiger partial charge in [0, 0.05) is 19.9 Å². The molecule has 2 heterocycles. The Bertz CT molecular complexity index is 870. The van der Waals surface area contributed by atoms with Gasteiger partial charge in [0.05, 0.1) is 13.2 Å². The highest BCUT2D eigenvalue weighted by Crippen LogP contribution is 2.35. The van der Waals surface area contributed by atoms with Gasteiger partial charge in [0.1, 0.15) is 11.6 Å². The Kier molecular flexibility index (Phi) is 8.07. The third-order valence-electron chi connectivity index (χ3n) is 6.44. The number of esters is 2. The molecule has 2 aliphatic rings. The van der Waals surface area contributed by atoms with Crippen LogP contribution in [0.4, 0.5) is 0 Å². The van der Waals surface area contributed by atoms with Crippen LogP contribution in [0.1, 0.15) is 45.1 Å². The Hall–Kier alpha value is -2.94. The first-order valence-electron chi connectivity index (χ1n) is 11.4. The molecule has 0 radical (unpaired) electrons. The van der Waals surface area contributed by atoms with E-state index in [0.29, 0.717) is 25.8 Å². The Morgan fingerprint density at radius 2 is 1.94 bits per heavy atom. The number of carbonyl (C=O) groups is 4. The van der Waals surface area contributed by atoms with Crippen LogP contribution in [0.15, 0.2) is 30.3 Å². The van der Waals surface area contributed by atoms with E-state index >= 15 is 0 Å². The van der Waals surface area contributed by atoms with Crippen molar-refractivity contribution in [3.63, 3.8) is 0 Å². The van der Waals surface area contributed by atoms with Crippen LogP contribution < -0.4 is 10.6 Å². The van der Waals surface area contributed by atoms with Crippen molar-refractivity contribution in [3.8, 4) is 0 Å². The number of hydrogen-bond donors (Lipinski definition) is 2. The van der Waals surface area contributed by atoms with Crippen LogP contribution in [-0.4, -0.2) is 72.6 Å². The summed E-state index contributed by atoms with van der Waals surface area (Å²) in [6.45, 7) is 3.98. The summed E-state index contributed by atoms with van der Waals surface area (Å²) in [5.74, 6) is -1.85. The van der Waals surface area contributed by atoms with E-state index in [2.05, 4.69) is 10.6 Å². The molecule has 2 aliphatic heterocycles. The summed E-state index contributed by atoms with van der Waals surface area (Å²) in [7, 11) is 1.21. The fourth-order valence-electron chi connectivity index (χ4n) is 4.82. The molecule has 180 valence electrons. The Balaban J connectivity index is 1.93. The average molecular weight is 460 g/mol. The number of rotatable bonds is 8. The topological polar surface area (TPSA) is 114 Å². The first-order chi connectivity index (χ1) is 15.8. The van der Waals surface area contributed by atoms with Crippen LogP contribution in [0, 0.1) is 0 Å². The second-order valence-electron chi connectivity index (χ2n) is 8.73. The second-order valence-corrected chi connectivity index (χ2v) is 8.73. The molecule has 0 spiro atoms. The second kappa shape index (κ2) is 10.8. The van der Waals surface area contributed by atoms with Gasteiger partial charge >= 0.3 is 11.9 Å². The zero-order valence-electron chi connectivity index (χ0n) is 19.5. The predicted molar refractivity (Wildman–Crippen MR) is 120 cm³/mol. The summed E-state index contributed by atoms with van der Waals surface area (Å²) in [5, 5.41) is 5.97. The Morgan fingerprint density at radius 1 is 1.21 bits per heavy atom. The van der Waals surface area contributed by atoms with E-state index in [4.69, 9.17) is 9.47 Å². The molecule has 3 unspecified atom stereocenters. The van der Waals surface area contributed by atoms with Crippen molar-refractivity contribution >= 4 is 23.8 Å². The van der Waals surface area contributed by atoms with Gasteiger partial charge < -0.3 is 25.0 Å². The number of ether oxygens (including phenoxy) is 2. The van der Waals surface area contributed by atoms with Gasteiger partial charge in [-0.15, -0.1) is 0 Å². The summed E-state index contributed by atoms with van der Waals surface area (Å²) in [5.41, 5.74) is -0.250. The lowest BCUT2D eigenvalue weighted by molar-refractivity contribution is -0.158. The lowest BCUT2D eigenvalue weighted by Crippen LogP contribution is -2.64. The molecule has 33 heavy (non-hydrogen) atoms. The van der Waals surface area contributed by atoms with E-state index in [0.717, 1.165) is 24.9 Å². The number of hydrogen-bond acceptors (Lipinski definition) is 7. The van der Waals surface area contributed by atoms with Gasteiger partial charge in [-0.3, -0.25) is 14.4 Å². The summed E-state index contributed by atoms with van der Waals surface area (Å²) in [4.78, 5) is 52.9. The molecule has 4 atom stereocenters. The quantitative estimate of drug-likeness (QED) is 0.557. The van der Waals surface area contributed by atoms with E-state index in [-0.39, 0.29) is 11.9 Å². The summed E-state index contributed by atoms with van der Waals surface area (Å²) in [6.07, 6.45) is 2.14. The number of amides is 2. The summed E-state index contributed by atoms with van der Waals surface area (Å²) in [6, 6.07) is 8.00. The fraction of sp³-hybridized carbons (Fsp3) is 0.583. The van der Waals surface area contributed by atoms with Crippen LogP contribution in [-0.2, 0) is 35.1 Å². The number of nitrogens with one attached hydrogen (secondary N) is 2. The molecular formula is C24H33N3O6. The standard InChI is InChI=1S/C24H33N3O6/c1-16(33-17(2)28)20(22(30)32-3)26-23(31)24(15-18-9-5-4-6-10-18)12-8-14-27(24)21(29)19-11-7-13-25-19/h4-6,9-10,16,19-20,25H,7-8,11-15H2,1-3H3,(H,26,31)/t16?,19-,20?,24?/m0/s1. The highest BCUT2D eigenvalue weighted by molar-refractivity contribution is 5.96. The zero-order chi connectivity index (χ0) is 24.0. The molecule has 2 fully saturated rings. The zero-order valence-corrected chi connectivity index (χ0v) is 19.5. The molecule has 0 bridgehead atoms. The van der Waals surface area contributed by atoms with Crippen molar-refractivity contribution in [3.05, 3.63) is 35.9 Å². The Morgan fingerprint density at radius 3 is 2.55 bits per heavy atom. The van der Waals surface area contributed by atoms with Crippen LogP contribution in [0.2, 0.25) is 0 Å². The lowest BCUT2D eigenvalue weighted by atomic mass is 9.86. The highest BCUT2D eigenvalue weighted by atomic mass is 16.6. The normalized spacial score (nSPS) is 24.1. The SMILES string of the molecule is COC(=O)C(NC(=O)C1(Cc2ccccc2)CCCN1C(=O)[C@@H]1CCCN1)C(C)OC(C)=O. The van der Waals surface area contributed by atoms with Crippen molar-refractivity contribution in [2.45, 2.75) is 69.7 Å². The fourth-order valence-corrected chi connectivity index (χ4v) is 4.82. The van der Waals surface area contributed by atoms with Crippen molar-refractivity contribution in [2.24, 2.45) is 0 Å². The lowest BCUT2D eigenvalue weighted by Gasteiger charge is -2.39. The van der Waals surface area contributed by atoms with Crippen LogP contribution in [0.5, 0.6) is 0 Å². The van der Waals surface area contributed by atoms with Crippen LogP contribution in [0.3, 0.4) is 0 Å². The van der Waals surface area contributed by atoms with Crippen LogP contribution in [0.25, 0.3) is 0 Å². The van der Waals surface area contributed by atoms with Gasteiger partial charge in [0.2, 0.25) is 11.8 Å². The molecule has 1 aromatic carbocycles. The minimum absolute atomic E-state index is 0.0984. The minimum atomic E-state index is -1.19. The van der Waals surface area contributed by atoms with Crippen LogP contribution >= 0.6 is 0 Å². The smallest absolute Gasteiger partial charge is 0.332 e. The van der Waals surface area contributed by atoms with E-state index in [1.165, 1.54) is 21.0 Å². The van der Waals surface area contributed by atoms with E-state index in [1.54, 1.807) is 4.90 Å². The number of methoxy groups -OCH3 is 1. The molecule has 0 aliphatic carbocycles. The van der Waals surface area contributed by atoms with Crippen molar-refractivity contribution in [2.75, 3.05) is 20.2 Å². The van der Waals surface area contributed by atoms with E-state index < -0.39 is 35.5 Å². The van der Waals surface area contributed by atoms with Crippen molar-refractivity contribution < 1.29 is 28.7 Å². The first-order valence-corrected chi connectivity index (χ1v) is 11.4.